The zero-order chi connectivity index (χ0) is 17.4. The fraction of sp³-hybridized carbons (Fsp3) is 0.556. The van der Waals surface area contributed by atoms with E-state index in [1.54, 1.807) is 19.2 Å². The van der Waals surface area contributed by atoms with E-state index < -0.39 is 5.91 Å². The molecule has 1 aliphatic rings. The molecular weight excluding hydrogens is 302 g/mol. The lowest BCUT2D eigenvalue weighted by molar-refractivity contribution is 0.100. The van der Waals surface area contributed by atoms with Crippen molar-refractivity contribution in [3.63, 3.8) is 0 Å². The quantitative estimate of drug-likeness (QED) is 0.542. The summed E-state index contributed by atoms with van der Waals surface area (Å²) < 4.78 is 0. The zero-order valence-electron chi connectivity index (χ0n) is 14.7. The van der Waals surface area contributed by atoms with E-state index in [0.29, 0.717) is 18.2 Å². The van der Waals surface area contributed by atoms with Gasteiger partial charge in [-0.15, -0.1) is 0 Å². The average Bonchev–Trinajstić information content (AvgIpc) is 2.60. The number of guanidine groups is 1. The van der Waals surface area contributed by atoms with Crippen molar-refractivity contribution in [2.75, 3.05) is 26.7 Å². The van der Waals surface area contributed by atoms with E-state index >= 15 is 0 Å². The molecule has 1 aromatic carbocycles. The van der Waals surface area contributed by atoms with Crippen LogP contribution in [0.5, 0.6) is 0 Å². The smallest absolute Gasteiger partial charge is 0.248 e. The number of nitrogens with zero attached hydrogens (tertiary/aromatic N) is 2. The summed E-state index contributed by atoms with van der Waals surface area (Å²) in [4.78, 5) is 17.9. The number of rotatable bonds is 6. The molecule has 0 spiro atoms. The number of hydrogen-bond acceptors (Lipinski definition) is 3. The van der Waals surface area contributed by atoms with Gasteiger partial charge >= 0.3 is 0 Å². The highest BCUT2D eigenvalue weighted by atomic mass is 16.1. The molecule has 0 aliphatic carbocycles. The van der Waals surface area contributed by atoms with Crippen LogP contribution in [-0.2, 0) is 6.54 Å². The van der Waals surface area contributed by atoms with Crippen molar-refractivity contribution in [2.24, 2.45) is 10.7 Å². The molecule has 4 N–H and O–H groups in total. The van der Waals surface area contributed by atoms with Gasteiger partial charge in [0.1, 0.15) is 0 Å². The van der Waals surface area contributed by atoms with E-state index in [9.17, 15) is 4.79 Å². The minimum Gasteiger partial charge on any atom is -0.366 e. The van der Waals surface area contributed by atoms with Gasteiger partial charge in [0.15, 0.2) is 5.96 Å². The first-order valence-corrected chi connectivity index (χ1v) is 8.70. The second kappa shape index (κ2) is 9.27. The van der Waals surface area contributed by atoms with Gasteiger partial charge < -0.3 is 21.3 Å². The number of hydrogen-bond donors (Lipinski definition) is 3. The number of benzene rings is 1. The molecule has 0 bridgehead atoms. The molecule has 1 amide bonds. The van der Waals surface area contributed by atoms with Gasteiger partial charge in [0.2, 0.25) is 5.91 Å². The van der Waals surface area contributed by atoms with Gasteiger partial charge in [-0.3, -0.25) is 9.79 Å². The van der Waals surface area contributed by atoms with E-state index in [4.69, 9.17) is 5.73 Å². The molecule has 1 fully saturated rings. The number of nitrogens with one attached hydrogen (secondary N) is 2. The molecule has 1 heterocycles. The number of piperidine rings is 1. The number of nitrogens with two attached hydrogens (primary N) is 1. The summed E-state index contributed by atoms with van der Waals surface area (Å²) in [6.45, 7) is 6.38. The van der Waals surface area contributed by atoms with Gasteiger partial charge in [-0.25, -0.2) is 0 Å². The standard InChI is InChI=1S/C18H29N5O/c1-3-10-23-11-8-16(9-12-23)22-18(20-2)21-13-14-4-6-15(7-5-14)17(19)24/h4-7,16H,3,8-13H2,1-2H3,(H2,19,24)(H2,20,21,22). The van der Waals surface area contributed by atoms with Gasteiger partial charge in [-0.1, -0.05) is 19.1 Å². The highest BCUT2D eigenvalue weighted by Crippen LogP contribution is 2.10. The minimum atomic E-state index is -0.401. The Labute approximate surface area is 144 Å². The lowest BCUT2D eigenvalue weighted by atomic mass is 10.1. The summed E-state index contributed by atoms with van der Waals surface area (Å²) in [6.07, 6.45) is 3.51. The van der Waals surface area contributed by atoms with Crippen molar-refractivity contribution in [2.45, 2.75) is 38.8 Å². The van der Waals surface area contributed by atoms with Gasteiger partial charge in [-0.05, 0) is 43.5 Å². The Bertz CT molecular complexity index is 547. The van der Waals surface area contributed by atoms with E-state index in [-0.39, 0.29) is 0 Å². The Hall–Kier alpha value is -2.08. The maximum absolute atomic E-state index is 11.1. The summed E-state index contributed by atoms with van der Waals surface area (Å²) >= 11 is 0. The van der Waals surface area contributed by atoms with Crippen molar-refractivity contribution >= 4 is 11.9 Å². The van der Waals surface area contributed by atoms with Gasteiger partial charge in [0.25, 0.3) is 0 Å². The lowest BCUT2D eigenvalue weighted by Gasteiger charge is -2.32. The highest BCUT2D eigenvalue weighted by molar-refractivity contribution is 5.92. The van der Waals surface area contributed by atoms with Crippen LogP contribution in [-0.4, -0.2) is 49.5 Å². The van der Waals surface area contributed by atoms with Crippen LogP contribution in [0, 0.1) is 0 Å². The Morgan fingerprint density at radius 3 is 2.50 bits per heavy atom. The SMILES string of the molecule is CCCN1CCC(NC(=NC)NCc2ccc(C(N)=O)cc2)CC1. The molecule has 0 atom stereocenters. The molecule has 0 aromatic heterocycles. The maximum Gasteiger partial charge on any atom is 0.248 e. The van der Waals surface area contributed by atoms with Crippen LogP contribution < -0.4 is 16.4 Å². The predicted molar refractivity (Wildman–Crippen MR) is 98.0 cm³/mol. The third-order valence-corrected chi connectivity index (χ3v) is 4.39. The molecule has 0 radical (unpaired) electrons. The van der Waals surface area contributed by atoms with Crippen molar-refractivity contribution in [1.82, 2.24) is 15.5 Å². The fourth-order valence-corrected chi connectivity index (χ4v) is 2.98. The van der Waals surface area contributed by atoms with E-state index in [1.807, 2.05) is 12.1 Å². The number of carbonyl (C=O) groups is 1. The zero-order valence-corrected chi connectivity index (χ0v) is 14.7. The molecule has 132 valence electrons. The monoisotopic (exact) mass is 331 g/mol. The predicted octanol–water partition coefficient (Wildman–Crippen LogP) is 1.32. The number of likely N-dealkylation sites (tertiary alicyclic amines) is 1. The summed E-state index contributed by atoms with van der Waals surface area (Å²) in [7, 11) is 1.79. The van der Waals surface area contributed by atoms with Gasteiger partial charge in [-0.2, -0.15) is 0 Å². The molecule has 1 aliphatic heterocycles. The Morgan fingerprint density at radius 1 is 1.29 bits per heavy atom. The van der Waals surface area contributed by atoms with Crippen molar-refractivity contribution in [3.05, 3.63) is 35.4 Å². The second-order valence-electron chi connectivity index (χ2n) is 6.25. The largest absolute Gasteiger partial charge is 0.366 e. The minimum absolute atomic E-state index is 0.401. The van der Waals surface area contributed by atoms with Crippen molar-refractivity contribution < 1.29 is 4.79 Å². The van der Waals surface area contributed by atoms with Crippen LogP contribution in [0.15, 0.2) is 29.3 Å². The number of carbonyl (C=O) groups excluding carboxylic acids is 1. The van der Waals surface area contributed by atoms with Gasteiger partial charge in [0.05, 0.1) is 0 Å². The summed E-state index contributed by atoms with van der Waals surface area (Å²) in [5.74, 6) is 0.421. The summed E-state index contributed by atoms with van der Waals surface area (Å²) in [5.41, 5.74) is 6.87. The van der Waals surface area contributed by atoms with Crippen LogP contribution in [0.2, 0.25) is 0 Å². The Balaban J connectivity index is 1.77. The van der Waals surface area contributed by atoms with E-state index in [1.165, 1.54) is 13.0 Å². The van der Waals surface area contributed by atoms with Crippen LogP contribution in [0.25, 0.3) is 0 Å². The number of amides is 1. The Morgan fingerprint density at radius 2 is 1.96 bits per heavy atom. The third kappa shape index (κ3) is 5.53. The highest BCUT2D eigenvalue weighted by Gasteiger charge is 2.19. The normalized spacial score (nSPS) is 16.8. The van der Waals surface area contributed by atoms with Crippen LogP contribution >= 0.6 is 0 Å². The summed E-state index contributed by atoms with van der Waals surface area (Å²) in [5, 5.41) is 6.83. The maximum atomic E-state index is 11.1. The molecule has 6 heteroatoms. The molecule has 24 heavy (non-hydrogen) atoms. The third-order valence-electron chi connectivity index (χ3n) is 4.39. The fourth-order valence-electron chi connectivity index (χ4n) is 2.98. The second-order valence-corrected chi connectivity index (χ2v) is 6.25. The van der Waals surface area contributed by atoms with Crippen LogP contribution in [0.4, 0.5) is 0 Å². The van der Waals surface area contributed by atoms with E-state index in [2.05, 4.69) is 27.4 Å². The molecule has 0 unspecified atom stereocenters. The van der Waals surface area contributed by atoms with Crippen molar-refractivity contribution in [1.29, 1.82) is 0 Å². The number of primary amides is 1. The molecular formula is C18H29N5O. The molecule has 1 saturated heterocycles. The number of aliphatic imine (C=N–C) groups is 1. The van der Waals surface area contributed by atoms with Crippen LogP contribution in [0.1, 0.15) is 42.1 Å². The molecule has 6 nitrogen and oxygen atoms in total. The molecule has 2 rings (SSSR count). The van der Waals surface area contributed by atoms with Gasteiger partial charge in [0, 0.05) is 38.3 Å². The van der Waals surface area contributed by atoms with Crippen LogP contribution in [0.3, 0.4) is 0 Å². The summed E-state index contributed by atoms with van der Waals surface area (Å²) in [6, 6.07) is 7.78. The molecule has 0 saturated carbocycles. The van der Waals surface area contributed by atoms with Crippen molar-refractivity contribution in [3.8, 4) is 0 Å². The first-order valence-electron chi connectivity index (χ1n) is 8.70. The first-order chi connectivity index (χ1) is 11.6. The molecule has 1 aromatic rings. The Kier molecular flexibility index (Phi) is 7.06. The first kappa shape index (κ1) is 18.3. The lowest BCUT2D eigenvalue weighted by Crippen LogP contribution is -2.48. The average molecular weight is 331 g/mol. The van der Waals surface area contributed by atoms with E-state index in [0.717, 1.165) is 37.5 Å². The topological polar surface area (TPSA) is 82.8 Å².